The van der Waals surface area contributed by atoms with Crippen LogP contribution < -0.4 is 9.80 Å². The second kappa shape index (κ2) is 9.46. The molecule has 0 bridgehead atoms. The summed E-state index contributed by atoms with van der Waals surface area (Å²) in [5, 5.41) is 11.8. The summed E-state index contributed by atoms with van der Waals surface area (Å²) >= 11 is 3.43. The predicted octanol–water partition coefficient (Wildman–Crippen LogP) is 4.88. The van der Waals surface area contributed by atoms with Gasteiger partial charge in [0.05, 0.1) is 4.92 Å². The fourth-order valence-electron chi connectivity index (χ4n) is 4.79. The molecule has 0 radical (unpaired) electrons. The first-order valence-electron chi connectivity index (χ1n) is 11.4. The number of amides is 1. The molecule has 8 heteroatoms. The number of nitro groups is 1. The fraction of sp³-hybridized carbons (Fsp3) is 0.269. The van der Waals surface area contributed by atoms with Crippen LogP contribution in [0.1, 0.15) is 21.5 Å². The van der Waals surface area contributed by atoms with Gasteiger partial charge in [0, 0.05) is 61.1 Å². The highest BCUT2D eigenvalue weighted by atomic mass is 79.9. The van der Waals surface area contributed by atoms with E-state index in [0.29, 0.717) is 44.0 Å². The van der Waals surface area contributed by atoms with Crippen molar-refractivity contribution in [3.63, 3.8) is 0 Å². The molecule has 3 aromatic rings. The molecule has 7 nitrogen and oxygen atoms in total. The third kappa shape index (κ3) is 4.50. The van der Waals surface area contributed by atoms with Crippen LogP contribution in [0.25, 0.3) is 0 Å². The Morgan fingerprint density at radius 3 is 2.35 bits per heavy atom. The quantitative estimate of drug-likeness (QED) is 0.362. The molecule has 1 fully saturated rings. The Bertz CT molecular complexity index is 1240. The summed E-state index contributed by atoms with van der Waals surface area (Å²) in [6, 6.07) is 21.1. The number of piperazine rings is 1. The van der Waals surface area contributed by atoms with Crippen molar-refractivity contribution in [1.82, 2.24) is 4.90 Å². The van der Waals surface area contributed by atoms with Gasteiger partial charge in [-0.1, -0.05) is 46.3 Å². The number of anilines is 2. The average Bonchev–Trinajstić information content (AvgIpc) is 2.87. The molecule has 0 spiro atoms. The van der Waals surface area contributed by atoms with E-state index in [4.69, 9.17) is 0 Å². The molecular formula is C26H25BrN4O3. The Labute approximate surface area is 206 Å². The van der Waals surface area contributed by atoms with E-state index in [0.717, 1.165) is 23.1 Å². The fourth-order valence-corrected chi connectivity index (χ4v) is 5.19. The lowest BCUT2D eigenvalue weighted by Crippen LogP contribution is -2.48. The molecule has 0 saturated carbocycles. The molecule has 2 aliphatic heterocycles. The first-order valence-corrected chi connectivity index (χ1v) is 12.2. The monoisotopic (exact) mass is 520 g/mol. The molecule has 1 saturated heterocycles. The zero-order chi connectivity index (χ0) is 23.7. The van der Waals surface area contributed by atoms with Gasteiger partial charge in [-0.05, 0) is 47.9 Å². The van der Waals surface area contributed by atoms with Crippen molar-refractivity contribution in [3.05, 3.63) is 98.0 Å². The van der Waals surface area contributed by atoms with Crippen molar-refractivity contribution in [2.24, 2.45) is 0 Å². The van der Waals surface area contributed by atoms with Gasteiger partial charge in [-0.2, -0.15) is 0 Å². The maximum atomic E-state index is 12.9. The number of rotatable bonds is 4. The Morgan fingerprint density at radius 2 is 1.62 bits per heavy atom. The van der Waals surface area contributed by atoms with Crippen LogP contribution in [0.15, 0.2) is 71.2 Å². The van der Waals surface area contributed by atoms with E-state index in [1.807, 2.05) is 53.4 Å². The van der Waals surface area contributed by atoms with Gasteiger partial charge < -0.3 is 14.7 Å². The largest absolute Gasteiger partial charge is 0.368 e. The summed E-state index contributed by atoms with van der Waals surface area (Å²) in [6.07, 6.45) is 0.869. The topological polar surface area (TPSA) is 69.9 Å². The lowest BCUT2D eigenvalue weighted by molar-refractivity contribution is -0.384. The minimum absolute atomic E-state index is 0.0253. The van der Waals surface area contributed by atoms with Crippen LogP contribution in [0.5, 0.6) is 0 Å². The minimum atomic E-state index is -0.297. The van der Waals surface area contributed by atoms with Crippen LogP contribution in [-0.4, -0.2) is 48.5 Å². The Balaban J connectivity index is 1.33. The van der Waals surface area contributed by atoms with Gasteiger partial charge in [0.25, 0.3) is 11.6 Å². The van der Waals surface area contributed by atoms with Crippen LogP contribution in [0.2, 0.25) is 0 Å². The van der Waals surface area contributed by atoms with E-state index in [2.05, 4.69) is 37.9 Å². The molecule has 5 rings (SSSR count). The van der Waals surface area contributed by atoms with Crippen molar-refractivity contribution >= 4 is 38.9 Å². The van der Waals surface area contributed by atoms with E-state index in [9.17, 15) is 14.9 Å². The lowest BCUT2D eigenvalue weighted by Gasteiger charge is -2.37. The predicted molar refractivity (Wildman–Crippen MR) is 137 cm³/mol. The Morgan fingerprint density at radius 1 is 0.853 bits per heavy atom. The number of nitro benzene ring substituents is 1. The minimum Gasteiger partial charge on any atom is -0.368 e. The van der Waals surface area contributed by atoms with E-state index >= 15 is 0 Å². The highest BCUT2D eigenvalue weighted by Gasteiger charge is 2.27. The van der Waals surface area contributed by atoms with Gasteiger partial charge in [-0.15, -0.1) is 0 Å². The number of benzene rings is 3. The maximum Gasteiger partial charge on any atom is 0.292 e. The second-order valence-electron chi connectivity index (χ2n) is 8.66. The van der Waals surface area contributed by atoms with Gasteiger partial charge in [-0.3, -0.25) is 14.9 Å². The zero-order valence-electron chi connectivity index (χ0n) is 18.7. The Hall–Kier alpha value is -3.39. The van der Waals surface area contributed by atoms with Gasteiger partial charge in [0.15, 0.2) is 0 Å². The highest BCUT2D eigenvalue weighted by Crippen LogP contribution is 2.36. The number of hydrogen-bond acceptors (Lipinski definition) is 5. The second-order valence-corrected chi connectivity index (χ2v) is 9.58. The van der Waals surface area contributed by atoms with Gasteiger partial charge >= 0.3 is 0 Å². The normalized spacial score (nSPS) is 15.7. The van der Waals surface area contributed by atoms with Gasteiger partial charge in [0.1, 0.15) is 5.69 Å². The summed E-state index contributed by atoms with van der Waals surface area (Å²) in [6.45, 7) is 3.98. The first-order chi connectivity index (χ1) is 16.5. The molecular weight excluding hydrogens is 496 g/mol. The first kappa shape index (κ1) is 22.4. The van der Waals surface area contributed by atoms with E-state index in [1.54, 1.807) is 6.07 Å². The standard InChI is InChI=1S/C26H25BrN4O3/c27-22-7-3-6-20(16-22)26(32)29-14-12-28(13-15-29)23-8-9-24(31(33)34)25(17-23)30-11-10-19-4-1-2-5-21(19)18-30/h1-9,16-17H,10-15,18H2. The third-order valence-corrected chi connectivity index (χ3v) is 7.12. The molecule has 0 aliphatic carbocycles. The molecule has 0 atom stereocenters. The van der Waals surface area contributed by atoms with Crippen LogP contribution in [0.3, 0.4) is 0 Å². The number of carbonyl (C=O) groups is 1. The SMILES string of the molecule is O=C(c1cccc(Br)c1)N1CCN(c2ccc([N+](=O)[O-])c(N3CCc4ccccc4C3)c2)CC1. The number of hydrogen-bond donors (Lipinski definition) is 0. The van der Waals surface area contributed by atoms with Crippen molar-refractivity contribution in [1.29, 1.82) is 0 Å². The van der Waals surface area contributed by atoms with Gasteiger partial charge in [0.2, 0.25) is 0 Å². The summed E-state index contributed by atoms with van der Waals surface area (Å²) < 4.78 is 0.885. The van der Waals surface area contributed by atoms with Crippen LogP contribution in [-0.2, 0) is 13.0 Å². The van der Waals surface area contributed by atoms with E-state index in [1.165, 1.54) is 11.1 Å². The van der Waals surface area contributed by atoms with E-state index in [-0.39, 0.29) is 16.5 Å². The van der Waals surface area contributed by atoms with Crippen molar-refractivity contribution in [3.8, 4) is 0 Å². The summed E-state index contributed by atoms with van der Waals surface area (Å²) in [5.74, 6) is 0.0253. The lowest BCUT2D eigenvalue weighted by atomic mass is 9.99. The molecule has 34 heavy (non-hydrogen) atoms. The summed E-state index contributed by atoms with van der Waals surface area (Å²) in [4.78, 5) is 30.6. The Kier molecular flexibility index (Phi) is 6.24. The third-order valence-electron chi connectivity index (χ3n) is 6.63. The van der Waals surface area contributed by atoms with E-state index < -0.39 is 0 Å². The number of carbonyl (C=O) groups excluding carboxylic acids is 1. The number of nitrogens with zero attached hydrogens (tertiary/aromatic N) is 4. The number of halogens is 1. The van der Waals surface area contributed by atoms with Crippen molar-refractivity contribution in [2.75, 3.05) is 42.5 Å². The summed E-state index contributed by atoms with van der Waals surface area (Å²) in [5.41, 5.74) is 4.94. The highest BCUT2D eigenvalue weighted by molar-refractivity contribution is 9.10. The van der Waals surface area contributed by atoms with Crippen molar-refractivity contribution in [2.45, 2.75) is 13.0 Å². The average molecular weight is 521 g/mol. The van der Waals surface area contributed by atoms with Gasteiger partial charge in [-0.25, -0.2) is 0 Å². The van der Waals surface area contributed by atoms with Crippen LogP contribution in [0.4, 0.5) is 17.1 Å². The molecule has 2 heterocycles. The summed E-state index contributed by atoms with van der Waals surface area (Å²) in [7, 11) is 0. The molecule has 1 amide bonds. The molecule has 0 N–H and O–H groups in total. The van der Waals surface area contributed by atoms with Crippen LogP contribution in [0, 0.1) is 10.1 Å². The van der Waals surface area contributed by atoms with Crippen molar-refractivity contribution < 1.29 is 9.72 Å². The maximum absolute atomic E-state index is 12.9. The zero-order valence-corrected chi connectivity index (χ0v) is 20.3. The molecule has 3 aromatic carbocycles. The molecule has 0 aromatic heterocycles. The molecule has 0 unspecified atom stereocenters. The van der Waals surface area contributed by atoms with Crippen LogP contribution >= 0.6 is 15.9 Å². The smallest absolute Gasteiger partial charge is 0.292 e. The number of fused-ring (bicyclic) bond motifs is 1. The molecule has 2 aliphatic rings. The molecule has 174 valence electrons.